The molecule has 0 amide bonds. The first-order chi connectivity index (χ1) is 30.2. The maximum Gasteiger partial charge on any atom is 0.338 e. The Bertz CT molecular complexity index is 1930. The summed E-state index contributed by atoms with van der Waals surface area (Å²) in [5.41, 5.74) is 3.61. The highest BCUT2D eigenvalue weighted by Gasteiger charge is 2.26. The third-order valence-electron chi connectivity index (χ3n) is 11.2. The van der Waals surface area contributed by atoms with E-state index in [1.807, 2.05) is 18.2 Å². The van der Waals surface area contributed by atoms with Crippen molar-refractivity contribution in [2.75, 3.05) is 13.2 Å². The Morgan fingerprint density at radius 2 is 1.08 bits per heavy atom. The van der Waals surface area contributed by atoms with Crippen LogP contribution in [-0.4, -0.2) is 45.7 Å². The van der Waals surface area contributed by atoms with Crippen LogP contribution in [0.4, 0.5) is 0 Å². The number of esters is 2. The van der Waals surface area contributed by atoms with Crippen LogP contribution < -0.4 is 0 Å². The van der Waals surface area contributed by atoms with Crippen molar-refractivity contribution in [1.29, 1.82) is 0 Å². The van der Waals surface area contributed by atoms with Crippen LogP contribution in [0.15, 0.2) is 72.1 Å². The lowest BCUT2D eigenvalue weighted by Crippen LogP contribution is -2.16. The maximum absolute atomic E-state index is 13.6. The maximum atomic E-state index is 13.6. The molecule has 1 heterocycles. The molecule has 8 nitrogen and oxygen atoms in total. The molecule has 4 aromatic rings. The second-order valence-electron chi connectivity index (χ2n) is 16.3. The van der Waals surface area contributed by atoms with Crippen LogP contribution >= 0.6 is 35.0 Å². The van der Waals surface area contributed by atoms with E-state index in [2.05, 4.69) is 18.8 Å². The molecule has 0 saturated carbocycles. The minimum Gasteiger partial charge on any atom is -0.462 e. The molecule has 3 aromatic carbocycles. The molecule has 62 heavy (non-hydrogen) atoms. The molecule has 4 rings (SSSR count). The highest BCUT2D eigenvalue weighted by molar-refractivity contribution is 7.98. The van der Waals surface area contributed by atoms with Crippen molar-refractivity contribution < 1.29 is 23.9 Å². The molecular weight excluding hydrogens is 838 g/mol. The zero-order valence-corrected chi connectivity index (χ0v) is 39.8. The fraction of sp³-hybridized carbons (Fsp3) is 0.549. The highest BCUT2D eigenvalue weighted by Crippen LogP contribution is 2.37. The summed E-state index contributed by atoms with van der Waals surface area (Å²) in [5.74, 6) is -0.164. The molecule has 0 aliphatic heterocycles. The van der Waals surface area contributed by atoms with E-state index in [4.69, 9.17) is 37.8 Å². The number of benzene rings is 3. The fourth-order valence-corrected chi connectivity index (χ4v) is 8.77. The molecule has 0 radical (unpaired) electrons. The van der Waals surface area contributed by atoms with Crippen molar-refractivity contribution in [3.63, 3.8) is 0 Å². The SMILES string of the molecule is CCCCCCCCCCCCOC(=O)c1ccc(Cl)c(C(c2cc(C(=O)CCCCCCCCCCCC)ccc2Cl)n2cnc(SCc3ccc(C(=O)OCC)cc3)n2)c1. The largest absolute Gasteiger partial charge is 0.462 e. The van der Waals surface area contributed by atoms with Gasteiger partial charge in [0.1, 0.15) is 12.4 Å². The van der Waals surface area contributed by atoms with Gasteiger partial charge < -0.3 is 9.47 Å². The van der Waals surface area contributed by atoms with Gasteiger partial charge >= 0.3 is 11.9 Å². The van der Waals surface area contributed by atoms with E-state index in [0.717, 1.165) is 44.1 Å². The molecule has 0 spiro atoms. The molecule has 338 valence electrons. The van der Waals surface area contributed by atoms with E-state index in [-0.39, 0.29) is 11.8 Å². The molecule has 0 saturated heterocycles. The quantitative estimate of drug-likeness (QED) is 0.0207. The van der Waals surface area contributed by atoms with Gasteiger partial charge in [0.15, 0.2) is 5.78 Å². The summed E-state index contributed by atoms with van der Waals surface area (Å²) in [4.78, 5) is 43.8. The standard InChI is InChI=1S/C51H69Cl2N3O5S/c1-4-7-9-11-13-15-17-19-21-23-25-47(57)41-30-32-45(52)43(35-41)48(56-38-54-51(55-56)62-37-39-26-28-40(29-27-39)49(58)60-6-3)44-36-42(31-33-46(44)53)50(59)61-34-24-22-20-18-16-14-12-10-8-5-2/h26-33,35-36,38,48H,4-25,34,37H2,1-3H3. The van der Waals surface area contributed by atoms with Crippen molar-refractivity contribution >= 4 is 52.7 Å². The lowest BCUT2D eigenvalue weighted by molar-refractivity contribution is 0.0494. The lowest BCUT2D eigenvalue weighted by atomic mass is 9.94. The fourth-order valence-electron chi connectivity index (χ4n) is 7.56. The molecule has 1 atom stereocenters. The number of ether oxygens (including phenoxy) is 2. The van der Waals surface area contributed by atoms with E-state index in [1.165, 1.54) is 102 Å². The van der Waals surface area contributed by atoms with Crippen LogP contribution in [0, 0.1) is 0 Å². The van der Waals surface area contributed by atoms with Gasteiger partial charge in [-0.05, 0) is 73.9 Å². The Morgan fingerprint density at radius 1 is 0.597 bits per heavy atom. The second-order valence-corrected chi connectivity index (χ2v) is 18.0. The van der Waals surface area contributed by atoms with Gasteiger partial charge in [-0.15, -0.1) is 5.10 Å². The number of hydrogen-bond donors (Lipinski definition) is 0. The molecular formula is C51H69Cl2N3O5S. The Kier molecular flexibility index (Phi) is 24.4. The Hall–Kier alpha value is -3.66. The van der Waals surface area contributed by atoms with Crippen molar-refractivity contribution in [3.8, 4) is 0 Å². The normalized spacial score (nSPS) is 11.8. The molecule has 1 aromatic heterocycles. The third-order valence-corrected chi connectivity index (χ3v) is 12.8. The number of thioether (sulfide) groups is 1. The summed E-state index contributed by atoms with van der Waals surface area (Å²) in [6.45, 7) is 6.93. The molecule has 0 fully saturated rings. The minimum absolute atomic E-state index is 0.0560. The summed E-state index contributed by atoms with van der Waals surface area (Å²) >= 11 is 15.4. The van der Waals surface area contributed by atoms with Crippen LogP contribution in [-0.2, 0) is 15.2 Å². The van der Waals surface area contributed by atoms with Gasteiger partial charge in [-0.1, -0.05) is 177 Å². The summed E-state index contributed by atoms with van der Waals surface area (Å²) in [5, 5.41) is 6.22. The average Bonchev–Trinajstić information content (AvgIpc) is 3.75. The molecule has 0 bridgehead atoms. The van der Waals surface area contributed by atoms with Crippen LogP contribution in [0.25, 0.3) is 0 Å². The Morgan fingerprint density at radius 3 is 1.65 bits per heavy atom. The zero-order chi connectivity index (χ0) is 44.4. The number of aromatic nitrogens is 3. The van der Waals surface area contributed by atoms with Gasteiger partial charge in [0, 0.05) is 38.9 Å². The predicted octanol–water partition coefficient (Wildman–Crippen LogP) is 15.3. The number of unbranched alkanes of at least 4 members (excludes halogenated alkanes) is 18. The lowest BCUT2D eigenvalue weighted by Gasteiger charge is -2.22. The average molecular weight is 907 g/mol. The molecule has 0 N–H and O–H groups in total. The number of carbonyl (C=O) groups is 3. The smallest absolute Gasteiger partial charge is 0.338 e. The van der Waals surface area contributed by atoms with Gasteiger partial charge in [-0.25, -0.2) is 19.3 Å². The van der Waals surface area contributed by atoms with E-state index in [1.54, 1.807) is 60.4 Å². The Balaban J connectivity index is 1.48. The van der Waals surface area contributed by atoms with E-state index in [9.17, 15) is 14.4 Å². The molecule has 11 heteroatoms. The summed E-state index contributed by atoms with van der Waals surface area (Å²) in [6, 6.07) is 17.0. The van der Waals surface area contributed by atoms with Crippen molar-refractivity contribution in [3.05, 3.63) is 110 Å². The number of ketones is 1. The first kappa shape index (κ1) is 51.0. The topological polar surface area (TPSA) is 100 Å². The van der Waals surface area contributed by atoms with E-state index < -0.39 is 12.0 Å². The number of hydrogen-bond acceptors (Lipinski definition) is 8. The van der Waals surface area contributed by atoms with Crippen LogP contribution in [0.3, 0.4) is 0 Å². The zero-order valence-electron chi connectivity index (χ0n) is 37.4. The van der Waals surface area contributed by atoms with Gasteiger partial charge in [0.25, 0.3) is 0 Å². The predicted molar refractivity (Wildman–Crippen MR) is 255 cm³/mol. The van der Waals surface area contributed by atoms with Gasteiger partial charge in [0.05, 0.1) is 24.3 Å². The van der Waals surface area contributed by atoms with Crippen LogP contribution in [0.2, 0.25) is 10.0 Å². The van der Waals surface area contributed by atoms with E-state index >= 15 is 0 Å². The number of nitrogens with zero attached hydrogens (tertiary/aromatic N) is 3. The van der Waals surface area contributed by atoms with Crippen molar-refractivity contribution in [2.45, 2.75) is 173 Å². The molecule has 0 aliphatic rings. The summed E-state index contributed by atoms with van der Waals surface area (Å²) < 4.78 is 12.5. The molecule has 0 aliphatic carbocycles. The number of carbonyl (C=O) groups excluding carboxylic acids is 3. The van der Waals surface area contributed by atoms with Gasteiger partial charge in [0.2, 0.25) is 5.16 Å². The van der Waals surface area contributed by atoms with Gasteiger partial charge in [-0.2, -0.15) is 0 Å². The van der Waals surface area contributed by atoms with Crippen molar-refractivity contribution in [2.24, 2.45) is 0 Å². The van der Waals surface area contributed by atoms with Crippen LogP contribution in [0.1, 0.15) is 209 Å². The van der Waals surface area contributed by atoms with Gasteiger partial charge in [-0.3, -0.25) is 4.79 Å². The number of halogens is 2. The van der Waals surface area contributed by atoms with E-state index in [0.29, 0.717) is 68.4 Å². The Labute approximate surface area is 385 Å². The third kappa shape index (κ3) is 17.8. The number of rotatable bonds is 32. The first-order valence-corrected chi connectivity index (χ1v) is 25.1. The molecule has 1 unspecified atom stereocenters. The van der Waals surface area contributed by atoms with Crippen molar-refractivity contribution in [1.82, 2.24) is 14.8 Å². The number of Topliss-reactive ketones (excluding diaryl/α,β-unsaturated/α-hetero) is 1. The summed E-state index contributed by atoms with van der Waals surface area (Å²) in [6.07, 6.45) is 26.0. The first-order valence-electron chi connectivity index (χ1n) is 23.3. The second kappa shape index (κ2) is 29.7. The summed E-state index contributed by atoms with van der Waals surface area (Å²) in [7, 11) is 0. The van der Waals surface area contributed by atoms with Crippen LogP contribution in [0.5, 0.6) is 0 Å². The minimum atomic E-state index is -0.708. The highest BCUT2D eigenvalue weighted by atomic mass is 35.5. The monoisotopic (exact) mass is 905 g/mol.